The van der Waals surface area contributed by atoms with Crippen LogP contribution in [0.3, 0.4) is 0 Å². The first-order chi connectivity index (χ1) is 14.7. The van der Waals surface area contributed by atoms with Gasteiger partial charge in [0, 0.05) is 16.7 Å². The first-order valence-electron chi connectivity index (χ1n) is 9.35. The molecule has 3 aromatic rings. The van der Waals surface area contributed by atoms with Crippen LogP contribution in [-0.4, -0.2) is 35.1 Å². The predicted octanol–water partition coefficient (Wildman–Crippen LogP) is 5.35. The number of amides is 1. The minimum Gasteiger partial charge on any atom is -0.338 e. The van der Waals surface area contributed by atoms with Gasteiger partial charge in [0.1, 0.15) is 18.0 Å². The van der Waals surface area contributed by atoms with Gasteiger partial charge >= 0.3 is 0 Å². The lowest BCUT2D eigenvalue weighted by Crippen LogP contribution is -2.13. The van der Waals surface area contributed by atoms with Crippen molar-refractivity contribution in [2.24, 2.45) is 0 Å². The summed E-state index contributed by atoms with van der Waals surface area (Å²) in [4.78, 5) is 20.3. The summed E-state index contributed by atoms with van der Waals surface area (Å²) >= 11 is 11.9. The van der Waals surface area contributed by atoms with Crippen LogP contribution in [-0.2, 0) is 9.36 Å². The van der Waals surface area contributed by atoms with Gasteiger partial charge in [-0.25, -0.2) is 4.98 Å². The van der Waals surface area contributed by atoms with E-state index in [1.165, 1.54) is 6.20 Å². The van der Waals surface area contributed by atoms with Crippen LogP contribution in [0, 0.1) is 6.92 Å². The molecule has 1 amide bonds. The first kappa shape index (κ1) is 23.1. The zero-order chi connectivity index (χ0) is 22.6. The minimum absolute atomic E-state index is 0.129. The standard InChI is InChI=1S/C21H22Cl2N5O2P/c1-13-8-9-14(25-19(29)11-22)10-17(13)27-21-24-12-15(23)20(28-21)26-16-6-4-5-7-18(16)31(2,3)30/h4-10,12H,11H2,1-3H3,(H,25,29)(H2,24,26,27,28). The number of hydrogen-bond donors (Lipinski definition) is 3. The molecule has 10 heteroatoms. The molecule has 162 valence electrons. The third-order valence-electron chi connectivity index (χ3n) is 4.37. The van der Waals surface area contributed by atoms with E-state index in [1.54, 1.807) is 25.5 Å². The molecule has 1 aromatic heterocycles. The van der Waals surface area contributed by atoms with Gasteiger partial charge in [-0.2, -0.15) is 4.98 Å². The van der Waals surface area contributed by atoms with Crippen LogP contribution in [0.15, 0.2) is 48.7 Å². The van der Waals surface area contributed by atoms with Gasteiger partial charge in [0.25, 0.3) is 0 Å². The summed E-state index contributed by atoms with van der Waals surface area (Å²) in [6.45, 7) is 5.34. The number of benzene rings is 2. The Morgan fingerprint density at radius 3 is 2.55 bits per heavy atom. The van der Waals surface area contributed by atoms with E-state index in [2.05, 4.69) is 25.9 Å². The molecule has 0 fully saturated rings. The van der Waals surface area contributed by atoms with E-state index in [1.807, 2.05) is 37.3 Å². The molecule has 7 nitrogen and oxygen atoms in total. The fourth-order valence-corrected chi connectivity index (χ4v) is 4.20. The normalized spacial score (nSPS) is 11.1. The second kappa shape index (κ2) is 9.69. The Bertz CT molecular complexity index is 1170. The summed E-state index contributed by atoms with van der Waals surface area (Å²) in [6, 6.07) is 12.7. The van der Waals surface area contributed by atoms with Crippen molar-refractivity contribution < 1.29 is 9.36 Å². The summed E-state index contributed by atoms with van der Waals surface area (Å²) in [5.74, 6) is 0.262. The highest BCUT2D eigenvalue weighted by atomic mass is 35.5. The molecule has 0 spiro atoms. The van der Waals surface area contributed by atoms with Crippen molar-refractivity contribution in [3.8, 4) is 0 Å². The summed E-state index contributed by atoms with van der Waals surface area (Å²) in [7, 11) is -2.51. The topological polar surface area (TPSA) is 96.0 Å². The Labute approximate surface area is 191 Å². The maximum Gasteiger partial charge on any atom is 0.239 e. The van der Waals surface area contributed by atoms with Crippen LogP contribution in [0.1, 0.15) is 5.56 Å². The maximum atomic E-state index is 12.6. The van der Waals surface area contributed by atoms with Gasteiger partial charge in [0.05, 0.1) is 11.9 Å². The molecule has 3 rings (SSSR count). The molecule has 0 saturated carbocycles. The third kappa shape index (κ3) is 5.97. The predicted molar refractivity (Wildman–Crippen MR) is 130 cm³/mol. The lowest BCUT2D eigenvalue weighted by Gasteiger charge is -2.16. The molecule has 0 aliphatic heterocycles. The molecule has 0 unspecified atom stereocenters. The summed E-state index contributed by atoms with van der Waals surface area (Å²) in [5, 5.41) is 10.0. The maximum absolute atomic E-state index is 12.6. The van der Waals surface area contributed by atoms with Crippen LogP contribution in [0.2, 0.25) is 5.02 Å². The van der Waals surface area contributed by atoms with Crippen molar-refractivity contribution >= 4 is 70.4 Å². The highest BCUT2D eigenvalue weighted by Gasteiger charge is 2.17. The molecule has 0 bridgehead atoms. The van der Waals surface area contributed by atoms with E-state index in [4.69, 9.17) is 23.2 Å². The number of alkyl halides is 1. The highest BCUT2D eigenvalue weighted by Crippen LogP contribution is 2.38. The van der Waals surface area contributed by atoms with Crippen LogP contribution < -0.4 is 21.3 Å². The fourth-order valence-electron chi connectivity index (χ4n) is 2.84. The third-order valence-corrected chi connectivity index (χ3v) is 6.44. The molecule has 3 N–H and O–H groups in total. The lowest BCUT2D eigenvalue weighted by atomic mass is 10.2. The average Bonchev–Trinajstić information content (AvgIpc) is 2.72. The van der Waals surface area contributed by atoms with E-state index in [0.29, 0.717) is 39.2 Å². The summed E-state index contributed by atoms with van der Waals surface area (Å²) < 4.78 is 12.6. The van der Waals surface area contributed by atoms with Crippen LogP contribution in [0.5, 0.6) is 0 Å². The molecule has 31 heavy (non-hydrogen) atoms. The molecule has 0 saturated heterocycles. The number of carbonyl (C=O) groups is 1. The Kier molecular flexibility index (Phi) is 7.21. The van der Waals surface area contributed by atoms with Crippen LogP contribution >= 0.6 is 30.3 Å². The number of nitrogens with one attached hydrogen (secondary N) is 3. The zero-order valence-electron chi connectivity index (χ0n) is 17.2. The number of nitrogens with zero attached hydrogens (tertiary/aromatic N) is 2. The Hall–Kier alpha value is -2.60. The van der Waals surface area contributed by atoms with Crippen molar-refractivity contribution in [2.75, 3.05) is 35.2 Å². The Morgan fingerprint density at radius 1 is 1.10 bits per heavy atom. The van der Waals surface area contributed by atoms with Gasteiger partial charge in [-0.15, -0.1) is 11.6 Å². The van der Waals surface area contributed by atoms with Crippen molar-refractivity contribution in [3.63, 3.8) is 0 Å². The summed E-state index contributed by atoms with van der Waals surface area (Å²) in [5.41, 5.74) is 2.92. The van der Waals surface area contributed by atoms with Gasteiger partial charge in [-0.05, 0) is 50.1 Å². The molecular weight excluding hydrogens is 456 g/mol. The van der Waals surface area contributed by atoms with E-state index >= 15 is 0 Å². The number of rotatable bonds is 7. The zero-order valence-corrected chi connectivity index (χ0v) is 19.6. The van der Waals surface area contributed by atoms with Gasteiger partial charge in [-0.3, -0.25) is 4.79 Å². The van der Waals surface area contributed by atoms with Crippen LogP contribution in [0.25, 0.3) is 0 Å². The van der Waals surface area contributed by atoms with Gasteiger partial charge in [0.15, 0.2) is 5.82 Å². The quantitative estimate of drug-likeness (QED) is 0.313. The molecule has 0 radical (unpaired) electrons. The SMILES string of the molecule is Cc1ccc(NC(=O)CCl)cc1Nc1ncc(Cl)c(Nc2ccccc2P(C)(C)=O)n1. The molecule has 1 heterocycles. The lowest BCUT2D eigenvalue weighted by molar-refractivity contribution is -0.113. The number of anilines is 5. The van der Waals surface area contributed by atoms with Crippen LogP contribution in [0.4, 0.5) is 28.8 Å². The second-order valence-corrected chi connectivity index (χ2v) is 11.1. The first-order valence-corrected chi connectivity index (χ1v) is 12.9. The van der Waals surface area contributed by atoms with Gasteiger partial charge in [-0.1, -0.05) is 29.8 Å². The molecule has 2 aromatic carbocycles. The van der Waals surface area contributed by atoms with E-state index in [-0.39, 0.29) is 11.8 Å². The minimum atomic E-state index is -2.51. The monoisotopic (exact) mass is 477 g/mol. The number of para-hydroxylation sites is 1. The van der Waals surface area contributed by atoms with E-state index < -0.39 is 7.14 Å². The fraction of sp³-hybridized carbons (Fsp3) is 0.190. The van der Waals surface area contributed by atoms with E-state index in [0.717, 1.165) is 5.56 Å². The van der Waals surface area contributed by atoms with Gasteiger partial charge < -0.3 is 20.5 Å². The second-order valence-electron chi connectivity index (χ2n) is 7.22. The number of halogens is 2. The largest absolute Gasteiger partial charge is 0.338 e. The highest BCUT2D eigenvalue weighted by molar-refractivity contribution is 7.70. The Balaban J connectivity index is 1.89. The van der Waals surface area contributed by atoms with Crippen molar-refractivity contribution in [3.05, 3.63) is 59.2 Å². The molecular formula is C21H22Cl2N5O2P. The number of hydrogen-bond acceptors (Lipinski definition) is 6. The number of carbonyl (C=O) groups excluding carboxylic acids is 1. The Morgan fingerprint density at radius 2 is 1.84 bits per heavy atom. The van der Waals surface area contributed by atoms with Crippen molar-refractivity contribution in [2.45, 2.75) is 6.92 Å². The molecule has 0 aliphatic rings. The number of aromatic nitrogens is 2. The van der Waals surface area contributed by atoms with Gasteiger partial charge in [0.2, 0.25) is 11.9 Å². The number of aryl methyl sites for hydroxylation is 1. The summed E-state index contributed by atoms with van der Waals surface area (Å²) in [6.07, 6.45) is 1.48. The smallest absolute Gasteiger partial charge is 0.239 e. The molecule has 0 atom stereocenters. The molecule has 0 aliphatic carbocycles. The van der Waals surface area contributed by atoms with E-state index in [9.17, 15) is 9.36 Å². The van der Waals surface area contributed by atoms with Crippen molar-refractivity contribution in [1.29, 1.82) is 0 Å². The average molecular weight is 478 g/mol. The van der Waals surface area contributed by atoms with Crippen molar-refractivity contribution in [1.82, 2.24) is 9.97 Å².